The molecule has 0 spiro atoms. The smallest absolute Gasteiger partial charge is 0.350 e. The molecule has 0 saturated heterocycles. The van der Waals surface area contributed by atoms with Crippen molar-refractivity contribution in [3.63, 3.8) is 0 Å². The van der Waals surface area contributed by atoms with E-state index in [9.17, 15) is 26.7 Å². The fourth-order valence-electron chi connectivity index (χ4n) is 3.40. The van der Waals surface area contributed by atoms with Crippen LogP contribution in [0, 0.1) is 11.6 Å². The molecule has 0 atom stereocenters. The van der Waals surface area contributed by atoms with Gasteiger partial charge in [0.05, 0.1) is 11.9 Å². The minimum absolute atomic E-state index is 0.0360. The van der Waals surface area contributed by atoms with Crippen molar-refractivity contribution in [3.05, 3.63) is 95.1 Å². The van der Waals surface area contributed by atoms with Crippen molar-refractivity contribution in [2.75, 3.05) is 6.54 Å². The van der Waals surface area contributed by atoms with Crippen LogP contribution in [0.15, 0.2) is 55.2 Å². The number of imidazole rings is 1. The molecule has 0 saturated carbocycles. The Morgan fingerprint density at radius 3 is 2.50 bits per heavy atom. The predicted octanol–water partition coefficient (Wildman–Crippen LogP) is 4.32. The Morgan fingerprint density at radius 1 is 0.944 bits per heavy atom. The van der Waals surface area contributed by atoms with E-state index in [1.807, 2.05) is 0 Å². The average molecular weight is 502 g/mol. The number of hydrogen-bond donors (Lipinski definition) is 2. The molecule has 36 heavy (non-hydrogen) atoms. The number of benzene rings is 1. The number of amides is 1. The number of nitrogens with zero attached hydrogens (tertiary/aromatic N) is 4. The minimum atomic E-state index is -4.63. The molecule has 7 nitrogen and oxygen atoms in total. The van der Waals surface area contributed by atoms with Crippen molar-refractivity contribution in [1.82, 2.24) is 30.2 Å². The van der Waals surface area contributed by atoms with Gasteiger partial charge in [0, 0.05) is 54.6 Å². The number of aromatic amines is 1. The molecule has 3 heterocycles. The summed E-state index contributed by atoms with van der Waals surface area (Å²) in [5.74, 6) is -2.15. The van der Waals surface area contributed by atoms with Gasteiger partial charge >= 0.3 is 6.18 Å². The lowest BCUT2D eigenvalue weighted by Gasteiger charge is -2.11. The highest BCUT2D eigenvalue weighted by Gasteiger charge is 2.31. The monoisotopic (exact) mass is 502 g/mol. The number of carbonyl (C=O) groups is 1. The summed E-state index contributed by atoms with van der Waals surface area (Å²) in [6.07, 6.45) is 1.03. The molecule has 3 aromatic heterocycles. The van der Waals surface area contributed by atoms with Gasteiger partial charge in [0.2, 0.25) is 0 Å². The topological polar surface area (TPSA) is 96.5 Å². The summed E-state index contributed by atoms with van der Waals surface area (Å²) in [4.78, 5) is 31.6. The SMILES string of the molecule is O=C(NCCc1cnc[nH]1)c1cc(CCc2ccc(F)cc2F)nc(-c2cncc(C(F)(F)F)c2)n1. The maximum atomic E-state index is 14.1. The Hall–Kier alpha value is -4.22. The number of nitrogens with one attached hydrogen (secondary N) is 2. The lowest BCUT2D eigenvalue weighted by Crippen LogP contribution is -2.27. The highest BCUT2D eigenvalue weighted by Crippen LogP contribution is 2.30. The highest BCUT2D eigenvalue weighted by molar-refractivity contribution is 5.92. The van der Waals surface area contributed by atoms with Crippen LogP contribution in [0.5, 0.6) is 0 Å². The van der Waals surface area contributed by atoms with Gasteiger partial charge in [-0.3, -0.25) is 9.78 Å². The summed E-state index contributed by atoms with van der Waals surface area (Å²) >= 11 is 0. The molecule has 4 rings (SSSR count). The molecule has 0 fully saturated rings. The highest BCUT2D eigenvalue weighted by atomic mass is 19.4. The molecule has 1 aromatic carbocycles. The summed E-state index contributed by atoms with van der Waals surface area (Å²) in [6, 6.07) is 5.40. The van der Waals surface area contributed by atoms with Crippen LogP contribution in [0.3, 0.4) is 0 Å². The van der Waals surface area contributed by atoms with Crippen LogP contribution >= 0.6 is 0 Å². The molecular formula is C24H19F5N6O. The molecule has 0 unspecified atom stereocenters. The molecule has 0 bridgehead atoms. The maximum Gasteiger partial charge on any atom is 0.417 e. The van der Waals surface area contributed by atoms with Gasteiger partial charge in [-0.2, -0.15) is 13.2 Å². The lowest BCUT2D eigenvalue weighted by molar-refractivity contribution is -0.137. The zero-order valence-corrected chi connectivity index (χ0v) is 18.6. The van der Waals surface area contributed by atoms with Gasteiger partial charge in [-0.05, 0) is 36.6 Å². The van der Waals surface area contributed by atoms with E-state index in [2.05, 4.69) is 30.2 Å². The molecule has 12 heteroatoms. The van der Waals surface area contributed by atoms with Crippen molar-refractivity contribution >= 4 is 5.91 Å². The van der Waals surface area contributed by atoms with E-state index in [4.69, 9.17) is 0 Å². The second-order valence-corrected chi connectivity index (χ2v) is 7.85. The Balaban J connectivity index is 1.61. The average Bonchev–Trinajstić information content (AvgIpc) is 3.36. The van der Waals surface area contributed by atoms with E-state index in [0.717, 1.165) is 30.1 Å². The number of pyridine rings is 1. The van der Waals surface area contributed by atoms with Crippen LogP contribution in [-0.4, -0.2) is 37.4 Å². The fraction of sp³-hybridized carbons (Fsp3) is 0.208. The number of hydrogen-bond acceptors (Lipinski definition) is 5. The summed E-state index contributed by atoms with van der Waals surface area (Å²) in [5.41, 5.74) is 0.217. The number of aryl methyl sites for hydroxylation is 2. The van der Waals surface area contributed by atoms with Crippen LogP contribution in [0.2, 0.25) is 0 Å². The minimum Gasteiger partial charge on any atom is -0.350 e. The quantitative estimate of drug-likeness (QED) is 0.350. The molecule has 186 valence electrons. The molecule has 0 radical (unpaired) electrons. The van der Waals surface area contributed by atoms with Crippen LogP contribution in [0.25, 0.3) is 11.4 Å². The molecule has 1 amide bonds. The summed E-state index contributed by atoms with van der Waals surface area (Å²) < 4.78 is 66.8. The summed E-state index contributed by atoms with van der Waals surface area (Å²) in [5, 5.41) is 2.69. The van der Waals surface area contributed by atoms with Crippen LogP contribution in [0.4, 0.5) is 22.0 Å². The Bertz CT molecular complexity index is 1360. The predicted molar refractivity (Wildman–Crippen MR) is 119 cm³/mol. The first-order chi connectivity index (χ1) is 17.2. The third-order valence-corrected chi connectivity index (χ3v) is 5.24. The number of alkyl halides is 3. The number of halogens is 5. The molecule has 0 aliphatic heterocycles. The molecule has 0 aliphatic carbocycles. The first kappa shape index (κ1) is 24.9. The van der Waals surface area contributed by atoms with Crippen molar-refractivity contribution in [2.45, 2.75) is 25.4 Å². The van der Waals surface area contributed by atoms with Crippen molar-refractivity contribution in [2.24, 2.45) is 0 Å². The van der Waals surface area contributed by atoms with Crippen molar-refractivity contribution < 1.29 is 26.7 Å². The van der Waals surface area contributed by atoms with Crippen LogP contribution < -0.4 is 5.32 Å². The van der Waals surface area contributed by atoms with E-state index in [1.54, 1.807) is 6.20 Å². The van der Waals surface area contributed by atoms with Gasteiger partial charge < -0.3 is 10.3 Å². The van der Waals surface area contributed by atoms with Gasteiger partial charge in [0.1, 0.15) is 17.3 Å². The number of rotatable bonds is 8. The lowest BCUT2D eigenvalue weighted by atomic mass is 10.1. The molecule has 4 aromatic rings. The summed E-state index contributed by atoms with van der Waals surface area (Å²) in [6.45, 7) is 0.252. The van der Waals surface area contributed by atoms with Gasteiger partial charge in [-0.15, -0.1) is 0 Å². The van der Waals surface area contributed by atoms with Gasteiger partial charge in [-0.25, -0.2) is 23.7 Å². The Labute approximate surface area is 201 Å². The van der Waals surface area contributed by atoms with E-state index >= 15 is 0 Å². The third kappa shape index (κ3) is 6.26. The largest absolute Gasteiger partial charge is 0.417 e. The first-order valence-electron chi connectivity index (χ1n) is 10.8. The zero-order valence-electron chi connectivity index (χ0n) is 18.6. The molecule has 2 N–H and O–H groups in total. The Morgan fingerprint density at radius 2 is 1.78 bits per heavy atom. The van der Waals surface area contributed by atoms with Crippen LogP contribution in [0.1, 0.15) is 33.0 Å². The van der Waals surface area contributed by atoms with Crippen molar-refractivity contribution in [1.29, 1.82) is 0 Å². The van der Waals surface area contributed by atoms with Gasteiger partial charge in [0.25, 0.3) is 5.91 Å². The maximum absolute atomic E-state index is 14.1. The normalized spacial score (nSPS) is 11.5. The van der Waals surface area contributed by atoms with E-state index < -0.39 is 29.3 Å². The van der Waals surface area contributed by atoms with E-state index in [-0.39, 0.29) is 42.0 Å². The number of aromatic nitrogens is 5. The molecule has 0 aliphatic rings. The number of H-pyrrole nitrogens is 1. The fourth-order valence-corrected chi connectivity index (χ4v) is 3.40. The van der Waals surface area contributed by atoms with Crippen LogP contribution in [-0.2, 0) is 25.4 Å². The standard InChI is InChI=1S/C24H19F5N6O/c25-17-3-1-14(20(26)8-17)2-4-18-9-21(23(36)32-6-5-19-12-31-13-33-19)35-22(34-18)15-7-16(11-30-10-15)24(27,28)29/h1,3,7-13H,2,4-6H2,(H,31,33)(H,32,36). The number of carbonyl (C=O) groups excluding carboxylic acids is 1. The van der Waals surface area contributed by atoms with Gasteiger partial charge in [-0.1, -0.05) is 6.07 Å². The summed E-state index contributed by atoms with van der Waals surface area (Å²) in [7, 11) is 0. The van der Waals surface area contributed by atoms with Crippen molar-refractivity contribution in [3.8, 4) is 11.4 Å². The first-order valence-corrected chi connectivity index (χ1v) is 10.8. The second kappa shape index (κ2) is 10.6. The van der Waals surface area contributed by atoms with Gasteiger partial charge in [0.15, 0.2) is 5.82 Å². The molecular weight excluding hydrogens is 483 g/mol. The third-order valence-electron chi connectivity index (χ3n) is 5.24. The zero-order chi connectivity index (χ0) is 25.7. The Kier molecular flexibility index (Phi) is 7.32. The van der Waals surface area contributed by atoms with E-state index in [1.165, 1.54) is 18.5 Å². The van der Waals surface area contributed by atoms with E-state index in [0.29, 0.717) is 18.3 Å². The second-order valence-electron chi connectivity index (χ2n) is 7.85.